The van der Waals surface area contributed by atoms with Gasteiger partial charge in [-0.1, -0.05) is 18.2 Å². The zero-order valence-corrected chi connectivity index (χ0v) is 6.82. The van der Waals surface area contributed by atoms with Crippen LogP contribution in [-0.2, 0) is 0 Å². The van der Waals surface area contributed by atoms with Gasteiger partial charge in [0.2, 0.25) is 0 Å². The lowest BCUT2D eigenvalue weighted by molar-refractivity contribution is -0.148. The summed E-state index contributed by atoms with van der Waals surface area (Å²) in [7, 11) is 0. The molecule has 1 aromatic carbocycles. The second-order valence-corrected chi connectivity index (χ2v) is 2.31. The van der Waals surface area contributed by atoms with Crippen molar-refractivity contribution in [3.8, 4) is 0 Å². The first-order valence-electron chi connectivity index (χ1n) is 3.58. The van der Waals surface area contributed by atoms with E-state index >= 15 is 0 Å². The quantitative estimate of drug-likeness (QED) is 0.643. The van der Waals surface area contributed by atoms with Crippen LogP contribution >= 0.6 is 0 Å². The van der Waals surface area contributed by atoms with Crippen molar-refractivity contribution in [3.05, 3.63) is 30.3 Å². The molecule has 0 aliphatic rings. The molecule has 2 radical (unpaired) electrons. The van der Waals surface area contributed by atoms with Crippen LogP contribution in [0.25, 0.3) is 0 Å². The van der Waals surface area contributed by atoms with Crippen molar-refractivity contribution in [2.45, 2.75) is 6.30 Å². The topological polar surface area (TPSA) is 45.3 Å². The van der Waals surface area contributed by atoms with Gasteiger partial charge in [-0.15, -0.1) is 18.5 Å². The van der Waals surface area contributed by atoms with E-state index in [4.69, 9.17) is 0 Å². The number of rotatable bonds is 1. The standard InChI is InChI=1S/C8H5F3N2O/c9-8(10,11)13-7(14)12-6-4-2-1-3-5-6/h1-5H. The summed E-state index contributed by atoms with van der Waals surface area (Å²) in [4.78, 5) is 10.6. The molecule has 2 amide bonds. The number of hydrogen-bond donors (Lipinski definition) is 0. The Hall–Kier alpha value is -1.72. The fraction of sp³-hybridized carbons (Fsp3) is 0.125. The molecule has 0 bridgehead atoms. The van der Waals surface area contributed by atoms with Crippen molar-refractivity contribution in [3.63, 3.8) is 0 Å². The number of halogens is 3. The van der Waals surface area contributed by atoms with Crippen LogP contribution in [0.1, 0.15) is 0 Å². The number of carbonyl (C=O) groups is 1. The summed E-state index contributed by atoms with van der Waals surface area (Å²) in [6, 6.07) is 6.03. The van der Waals surface area contributed by atoms with E-state index in [1.54, 1.807) is 18.2 Å². The number of alkyl halides is 3. The number of nitrogens with zero attached hydrogens (tertiary/aromatic N) is 2. The van der Waals surface area contributed by atoms with Crippen molar-refractivity contribution in [2.75, 3.05) is 0 Å². The van der Waals surface area contributed by atoms with E-state index in [9.17, 15) is 18.0 Å². The van der Waals surface area contributed by atoms with Gasteiger partial charge in [-0.25, -0.2) is 4.79 Å². The third-order valence-corrected chi connectivity index (χ3v) is 1.20. The highest BCUT2D eigenvalue weighted by atomic mass is 19.4. The monoisotopic (exact) mass is 202 g/mol. The van der Waals surface area contributed by atoms with Crippen molar-refractivity contribution < 1.29 is 18.0 Å². The van der Waals surface area contributed by atoms with Crippen LogP contribution < -0.4 is 10.6 Å². The van der Waals surface area contributed by atoms with E-state index in [1.807, 2.05) is 5.32 Å². The van der Waals surface area contributed by atoms with Gasteiger partial charge in [0.1, 0.15) is 0 Å². The Kier molecular flexibility index (Phi) is 2.95. The Morgan fingerprint density at radius 2 is 1.71 bits per heavy atom. The van der Waals surface area contributed by atoms with Crippen molar-refractivity contribution in [1.29, 1.82) is 0 Å². The lowest BCUT2D eigenvalue weighted by atomic mass is 10.3. The summed E-state index contributed by atoms with van der Waals surface area (Å²) in [6.45, 7) is 0. The average molecular weight is 202 g/mol. The SMILES string of the molecule is O=C([N]c1ccccc1)[N]C(F)(F)F. The lowest BCUT2D eigenvalue weighted by Gasteiger charge is -2.04. The van der Waals surface area contributed by atoms with E-state index in [-0.39, 0.29) is 5.69 Å². The first-order valence-corrected chi connectivity index (χ1v) is 3.58. The Morgan fingerprint density at radius 1 is 1.14 bits per heavy atom. The minimum absolute atomic E-state index is 0.144. The van der Waals surface area contributed by atoms with Crippen LogP contribution in [0.3, 0.4) is 0 Å². The zero-order chi connectivity index (χ0) is 10.6. The molecule has 0 unspecified atom stereocenters. The first kappa shape index (κ1) is 10.4. The normalized spacial score (nSPS) is 10.8. The number of urea groups is 1. The molecule has 0 fully saturated rings. The van der Waals surface area contributed by atoms with Gasteiger partial charge in [0.25, 0.3) is 0 Å². The summed E-state index contributed by atoms with van der Waals surface area (Å²) < 4.78 is 34.7. The van der Waals surface area contributed by atoms with E-state index in [0.717, 1.165) is 0 Å². The number of benzene rings is 1. The highest BCUT2D eigenvalue weighted by molar-refractivity contribution is 5.78. The number of carbonyl (C=O) groups excluding carboxylic acids is 1. The van der Waals surface area contributed by atoms with Crippen molar-refractivity contribution in [1.82, 2.24) is 10.6 Å². The maximum absolute atomic E-state index is 11.6. The number of amides is 2. The van der Waals surface area contributed by atoms with Gasteiger partial charge in [-0.3, -0.25) is 0 Å². The first-order chi connectivity index (χ1) is 6.47. The van der Waals surface area contributed by atoms with Crippen molar-refractivity contribution >= 4 is 11.7 Å². The van der Waals surface area contributed by atoms with Crippen LogP contribution in [-0.4, -0.2) is 12.3 Å². The van der Waals surface area contributed by atoms with Crippen LogP contribution in [0.15, 0.2) is 30.3 Å². The largest absolute Gasteiger partial charge is 0.507 e. The molecule has 0 saturated carbocycles. The Labute approximate surface area is 77.9 Å². The molecule has 0 spiro atoms. The summed E-state index contributed by atoms with van der Waals surface area (Å²) >= 11 is 0. The molecule has 0 saturated heterocycles. The third-order valence-electron chi connectivity index (χ3n) is 1.20. The average Bonchev–Trinajstić information content (AvgIpc) is 2.02. The number of hydrogen-bond acceptors (Lipinski definition) is 1. The predicted octanol–water partition coefficient (Wildman–Crippen LogP) is 2.17. The van der Waals surface area contributed by atoms with Crippen LogP contribution in [0.2, 0.25) is 0 Å². The van der Waals surface area contributed by atoms with Gasteiger partial charge in [0.15, 0.2) is 0 Å². The van der Waals surface area contributed by atoms with Gasteiger partial charge in [0, 0.05) is 0 Å². The van der Waals surface area contributed by atoms with Crippen LogP contribution in [0.4, 0.5) is 23.7 Å². The molecule has 1 rings (SSSR count). The van der Waals surface area contributed by atoms with Crippen LogP contribution in [0, 0.1) is 0 Å². The highest BCUT2D eigenvalue weighted by Crippen LogP contribution is 2.12. The molecule has 0 atom stereocenters. The van der Waals surface area contributed by atoms with Gasteiger partial charge >= 0.3 is 12.3 Å². The number of para-hydroxylation sites is 1. The van der Waals surface area contributed by atoms with Gasteiger partial charge < -0.3 is 0 Å². The third kappa shape index (κ3) is 3.79. The van der Waals surface area contributed by atoms with E-state index in [1.165, 1.54) is 12.1 Å². The summed E-state index contributed by atoms with van der Waals surface area (Å²) in [5.74, 6) is 0. The van der Waals surface area contributed by atoms with Crippen molar-refractivity contribution in [2.24, 2.45) is 0 Å². The molecular weight excluding hydrogens is 197 g/mol. The maximum Gasteiger partial charge on any atom is 0.507 e. The van der Waals surface area contributed by atoms with E-state index in [0.29, 0.717) is 0 Å². The molecular formula is C8H5F3N2O. The second-order valence-electron chi connectivity index (χ2n) is 2.31. The molecule has 14 heavy (non-hydrogen) atoms. The summed E-state index contributed by atoms with van der Waals surface area (Å²) in [5.41, 5.74) is 0.144. The van der Waals surface area contributed by atoms with E-state index < -0.39 is 12.3 Å². The Bertz CT molecular complexity index is 310. The van der Waals surface area contributed by atoms with Crippen LogP contribution in [0.5, 0.6) is 0 Å². The molecule has 0 aliphatic carbocycles. The van der Waals surface area contributed by atoms with Gasteiger partial charge in [0.05, 0.1) is 5.69 Å². The lowest BCUT2D eigenvalue weighted by Crippen LogP contribution is -2.32. The van der Waals surface area contributed by atoms with Gasteiger partial charge in [-0.2, -0.15) is 5.32 Å². The maximum atomic E-state index is 11.6. The highest BCUT2D eigenvalue weighted by Gasteiger charge is 2.33. The second kappa shape index (κ2) is 3.99. The molecule has 0 aliphatic heterocycles. The Morgan fingerprint density at radius 3 is 2.21 bits per heavy atom. The fourth-order valence-electron chi connectivity index (χ4n) is 0.746. The minimum atomic E-state index is -4.87. The molecule has 6 heteroatoms. The molecule has 0 aromatic heterocycles. The molecule has 0 heterocycles. The molecule has 74 valence electrons. The molecule has 3 nitrogen and oxygen atoms in total. The summed E-state index contributed by atoms with van der Waals surface area (Å²) in [6.07, 6.45) is -4.87. The zero-order valence-electron chi connectivity index (χ0n) is 6.82. The predicted molar refractivity (Wildman–Crippen MR) is 41.8 cm³/mol. The van der Waals surface area contributed by atoms with E-state index in [2.05, 4.69) is 5.32 Å². The molecule has 0 N–H and O–H groups in total. The Balaban J connectivity index is 2.50. The smallest absolute Gasteiger partial charge is 0.244 e. The fourth-order valence-corrected chi connectivity index (χ4v) is 0.746. The van der Waals surface area contributed by atoms with Gasteiger partial charge in [-0.05, 0) is 12.1 Å². The summed E-state index contributed by atoms with van der Waals surface area (Å²) in [5, 5.41) is 5.02. The molecule has 1 aromatic rings. The minimum Gasteiger partial charge on any atom is -0.244 e.